The maximum Gasteiger partial charge on any atom is 0.349 e. The fourth-order valence-corrected chi connectivity index (χ4v) is 3.69. The van der Waals surface area contributed by atoms with Gasteiger partial charge in [0.1, 0.15) is 4.83 Å². The summed E-state index contributed by atoms with van der Waals surface area (Å²) >= 11 is 1.58. The number of hydrogen-bond donors (Lipinski definition) is 1. The molecule has 0 aliphatic rings. The molecule has 0 saturated heterocycles. The highest BCUT2D eigenvalue weighted by Gasteiger charge is 2.15. The van der Waals surface area contributed by atoms with E-state index in [4.69, 9.17) is 0 Å². The topological polar surface area (TPSA) is 63.0 Å². The van der Waals surface area contributed by atoms with Crippen LogP contribution in [0.15, 0.2) is 35.1 Å². The van der Waals surface area contributed by atoms with Crippen molar-refractivity contribution < 1.29 is 0 Å². The van der Waals surface area contributed by atoms with E-state index >= 15 is 0 Å². The number of H-pyrrole nitrogens is 1. The average Bonchev–Trinajstić information content (AvgIpc) is 3.03. The smallest absolute Gasteiger partial charge is 0.297 e. The van der Waals surface area contributed by atoms with E-state index in [9.17, 15) is 4.79 Å². The Labute approximate surface area is 130 Å². The number of thiophene rings is 1. The van der Waals surface area contributed by atoms with E-state index in [1.54, 1.807) is 11.3 Å². The van der Waals surface area contributed by atoms with Crippen LogP contribution in [0.25, 0.3) is 15.9 Å². The van der Waals surface area contributed by atoms with Gasteiger partial charge in [-0.25, -0.2) is 9.78 Å². The molecule has 6 heteroatoms. The van der Waals surface area contributed by atoms with E-state index in [1.807, 2.05) is 30.3 Å². The predicted octanol–water partition coefficient (Wildman–Crippen LogP) is 2.84. The second-order valence-corrected chi connectivity index (χ2v) is 6.57. The maximum atomic E-state index is 12.2. The minimum absolute atomic E-state index is 0.240. The number of nitrogens with one attached hydrogen (secondary N) is 1. The number of benzene rings is 1. The monoisotopic (exact) mass is 310 g/mol. The van der Waals surface area contributed by atoms with Gasteiger partial charge in [0.2, 0.25) is 0 Å². The molecule has 4 rings (SSSR count). The van der Waals surface area contributed by atoms with Crippen molar-refractivity contribution in [1.82, 2.24) is 19.6 Å². The average molecular weight is 310 g/mol. The van der Waals surface area contributed by atoms with Crippen LogP contribution in [-0.4, -0.2) is 19.6 Å². The molecule has 0 unspecified atom stereocenters. The van der Waals surface area contributed by atoms with Gasteiger partial charge >= 0.3 is 5.69 Å². The molecule has 0 aliphatic carbocycles. The molecule has 0 fully saturated rings. The minimum atomic E-state index is -0.240. The van der Waals surface area contributed by atoms with Crippen molar-refractivity contribution in [3.8, 4) is 0 Å². The molecule has 0 radical (unpaired) electrons. The van der Waals surface area contributed by atoms with Crippen molar-refractivity contribution in [1.29, 1.82) is 0 Å². The Morgan fingerprint density at radius 2 is 2.00 bits per heavy atom. The van der Waals surface area contributed by atoms with Gasteiger partial charge in [0, 0.05) is 11.3 Å². The summed E-state index contributed by atoms with van der Waals surface area (Å²) in [5, 5.41) is 5.37. The Bertz CT molecular complexity index is 1040. The van der Waals surface area contributed by atoms with Crippen LogP contribution >= 0.6 is 11.3 Å². The van der Waals surface area contributed by atoms with E-state index in [0.717, 1.165) is 21.3 Å². The fraction of sp³-hybridized carbons (Fsp3) is 0.188. The van der Waals surface area contributed by atoms with E-state index in [-0.39, 0.29) is 5.69 Å². The summed E-state index contributed by atoms with van der Waals surface area (Å²) in [7, 11) is 0. The molecule has 110 valence electrons. The Morgan fingerprint density at radius 3 is 2.77 bits per heavy atom. The van der Waals surface area contributed by atoms with Crippen molar-refractivity contribution in [2.75, 3.05) is 0 Å². The van der Waals surface area contributed by atoms with Crippen LogP contribution in [0.5, 0.6) is 0 Å². The normalized spacial score (nSPS) is 11.5. The van der Waals surface area contributed by atoms with Gasteiger partial charge in [-0.3, -0.25) is 4.98 Å². The zero-order valence-electron chi connectivity index (χ0n) is 12.3. The number of aromatic nitrogens is 4. The largest absolute Gasteiger partial charge is 0.349 e. The minimum Gasteiger partial charge on any atom is -0.297 e. The highest BCUT2D eigenvalue weighted by Crippen LogP contribution is 2.30. The van der Waals surface area contributed by atoms with Gasteiger partial charge in [-0.15, -0.1) is 16.4 Å². The van der Waals surface area contributed by atoms with Crippen molar-refractivity contribution >= 4 is 27.2 Å². The lowest BCUT2D eigenvalue weighted by atomic mass is 10.1. The molecule has 0 amide bonds. The highest BCUT2D eigenvalue weighted by atomic mass is 32.1. The zero-order valence-corrected chi connectivity index (χ0v) is 13.1. The van der Waals surface area contributed by atoms with Gasteiger partial charge in [-0.2, -0.15) is 4.52 Å². The predicted molar refractivity (Wildman–Crippen MR) is 87.7 cm³/mol. The van der Waals surface area contributed by atoms with E-state index in [1.165, 1.54) is 9.39 Å². The van der Waals surface area contributed by atoms with E-state index in [2.05, 4.69) is 28.9 Å². The number of hydrogen-bond acceptors (Lipinski definition) is 4. The third kappa shape index (κ3) is 1.95. The number of rotatable bonds is 2. The lowest BCUT2D eigenvalue weighted by molar-refractivity contribution is 0.848. The van der Waals surface area contributed by atoms with Crippen molar-refractivity contribution in [2.45, 2.75) is 20.3 Å². The fourth-order valence-electron chi connectivity index (χ4n) is 2.65. The third-order valence-electron chi connectivity index (χ3n) is 3.88. The van der Waals surface area contributed by atoms with Gasteiger partial charge in [0.25, 0.3) is 0 Å². The SMILES string of the molecule is Cc1sc2[nH]c(=O)n3nc(Cc4ccccc4)nc3c2c1C. The quantitative estimate of drug-likeness (QED) is 0.619. The second-order valence-electron chi connectivity index (χ2n) is 5.34. The zero-order chi connectivity index (χ0) is 15.3. The number of nitrogens with zero attached hydrogens (tertiary/aromatic N) is 3. The van der Waals surface area contributed by atoms with Crippen molar-refractivity contribution in [3.63, 3.8) is 0 Å². The summed E-state index contributed by atoms with van der Waals surface area (Å²) in [6.07, 6.45) is 0.617. The number of aryl methyl sites for hydroxylation is 2. The van der Waals surface area contributed by atoms with Crippen LogP contribution in [0.1, 0.15) is 21.8 Å². The van der Waals surface area contributed by atoms with E-state index in [0.29, 0.717) is 17.9 Å². The molecule has 5 nitrogen and oxygen atoms in total. The molecular weight excluding hydrogens is 296 g/mol. The van der Waals surface area contributed by atoms with Crippen LogP contribution in [-0.2, 0) is 6.42 Å². The summed E-state index contributed by atoms with van der Waals surface area (Å²) in [6, 6.07) is 10.0. The third-order valence-corrected chi connectivity index (χ3v) is 5.00. The first kappa shape index (κ1) is 13.2. The van der Waals surface area contributed by atoms with Crippen LogP contribution in [0.3, 0.4) is 0 Å². The van der Waals surface area contributed by atoms with Crippen LogP contribution in [0, 0.1) is 13.8 Å². The Hall–Kier alpha value is -2.47. The number of fused-ring (bicyclic) bond motifs is 3. The molecule has 0 aliphatic heterocycles. The molecular formula is C16H14N4OS. The first-order chi connectivity index (χ1) is 10.6. The van der Waals surface area contributed by atoms with Crippen LogP contribution < -0.4 is 5.69 Å². The van der Waals surface area contributed by atoms with Crippen molar-refractivity contribution in [3.05, 3.63) is 62.6 Å². The van der Waals surface area contributed by atoms with E-state index < -0.39 is 0 Å². The molecule has 4 aromatic rings. The summed E-state index contributed by atoms with van der Waals surface area (Å²) in [5.41, 5.74) is 2.69. The van der Waals surface area contributed by atoms with Crippen molar-refractivity contribution in [2.24, 2.45) is 0 Å². The van der Waals surface area contributed by atoms with Gasteiger partial charge in [-0.1, -0.05) is 30.3 Å². The Morgan fingerprint density at radius 1 is 1.23 bits per heavy atom. The summed E-state index contributed by atoms with van der Waals surface area (Å²) in [5.74, 6) is 0.660. The molecule has 0 bridgehead atoms. The molecule has 3 aromatic heterocycles. The first-order valence-electron chi connectivity index (χ1n) is 7.05. The lowest BCUT2D eigenvalue weighted by Crippen LogP contribution is -2.17. The van der Waals surface area contributed by atoms with Gasteiger partial charge in [-0.05, 0) is 25.0 Å². The molecule has 1 N–H and O–H groups in total. The molecule has 0 atom stereocenters. The van der Waals surface area contributed by atoms with Gasteiger partial charge in [0.15, 0.2) is 11.5 Å². The maximum absolute atomic E-state index is 12.2. The molecule has 3 heterocycles. The second kappa shape index (κ2) is 4.78. The van der Waals surface area contributed by atoms with Crippen LogP contribution in [0.2, 0.25) is 0 Å². The summed E-state index contributed by atoms with van der Waals surface area (Å²) in [6.45, 7) is 4.11. The lowest BCUT2D eigenvalue weighted by Gasteiger charge is -1.94. The molecule has 1 aromatic carbocycles. The standard InChI is InChI=1S/C16H14N4OS/c1-9-10(2)22-15-13(9)14-17-12(19-20(14)16(21)18-15)8-11-6-4-3-5-7-11/h3-7H,8H2,1-2H3,(H,18,21). The molecule has 22 heavy (non-hydrogen) atoms. The molecule has 0 saturated carbocycles. The highest BCUT2D eigenvalue weighted by molar-refractivity contribution is 7.18. The summed E-state index contributed by atoms with van der Waals surface area (Å²) < 4.78 is 1.37. The van der Waals surface area contributed by atoms with Gasteiger partial charge < -0.3 is 0 Å². The Balaban J connectivity index is 1.95. The van der Waals surface area contributed by atoms with Gasteiger partial charge in [0.05, 0.1) is 5.39 Å². The first-order valence-corrected chi connectivity index (χ1v) is 7.86. The Kier molecular flexibility index (Phi) is 2.87. The van der Waals surface area contributed by atoms with Crippen LogP contribution in [0.4, 0.5) is 0 Å². The number of aromatic amines is 1. The summed E-state index contributed by atoms with van der Waals surface area (Å²) in [4.78, 5) is 21.7. The molecule has 0 spiro atoms.